The van der Waals surface area contributed by atoms with Crippen LogP contribution >= 0.6 is 23.7 Å². The average Bonchev–Trinajstić information content (AvgIpc) is 3.11. The summed E-state index contributed by atoms with van der Waals surface area (Å²) >= 11 is 1.85. The summed E-state index contributed by atoms with van der Waals surface area (Å²) in [6.07, 6.45) is 3.43. The molecule has 2 aromatic rings. The van der Waals surface area contributed by atoms with Crippen LogP contribution in [0.5, 0.6) is 0 Å². The molecule has 1 aliphatic rings. The Balaban J connectivity index is 0.00000176. The molecule has 0 atom stereocenters. The summed E-state index contributed by atoms with van der Waals surface area (Å²) in [6, 6.07) is 6.48. The summed E-state index contributed by atoms with van der Waals surface area (Å²) in [6.45, 7) is 7.52. The molecule has 0 spiro atoms. The lowest BCUT2D eigenvalue weighted by Crippen LogP contribution is -2.17. The molecule has 1 N–H and O–H groups in total. The molecule has 120 valence electrons. The molecule has 22 heavy (non-hydrogen) atoms. The molecule has 1 saturated heterocycles. The van der Waals surface area contributed by atoms with Crippen LogP contribution in [0.1, 0.15) is 35.9 Å². The Labute approximate surface area is 141 Å². The van der Waals surface area contributed by atoms with Gasteiger partial charge < -0.3 is 4.98 Å². The standard InChI is InChI=1S/C17H22N2OS.ClH/c1-3-13-10-15(12(2)18-17(13)20)16-7-6-14(21-16)11-19-8-4-5-9-19;/h6-7,10H,3-5,8-9,11H2,1-2H3,(H,18,20);1H. The predicted molar refractivity (Wildman–Crippen MR) is 96.2 cm³/mol. The van der Waals surface area contributed by atoms with Gasteiger partial charge in [-0.1, -0.05) is 6.92 Å². The van der Waals surface area contributed by atoms with Crippen molar-refractivity contribution in [2.45, 2.75) is 39.7 Å². The second-order valence-electron chi connectivity index (χ2n) is 5.77. The molecular formula is C17H23ClN2OS. The lowest BCUT2D eigenvalue weighted by molar-refractivity contribution is 0.334. The minimum absolute atomic E-state index is 0. The van der Waals surface area contributed by atoms with E-state index in [-0.39, 0.29) is 18.0 Å². The molecule has 0 bridgehead atoms. The van der Waals surface area contributed by atoms with E-state index in [0.717, 1.165) is 24.2 Å². The third-order valence-corrected chi connectivity index (χ3v) is 5.30. The summed E-state index contributed by atoms with van der Waals surface area (Å²) in [5.41, 5.74) is 3.05. The summed E-state index contributed by atoms with van der Waals surface area (Å²) in [4.78, 5) is 20.0. The van der Waals surface area contributed by atoms with E-state index in [2.05, 4.69) is 28.1 Å². The number of nitrogens with zero attached hydrogens (tertiary/aromatic N) is 1. The second kappa shape index (κ2) is 7.44. The van der Waals surface area contributed by atoms with Gasteiger partial charge in [-0.05, 0) is 57.5 Å². The highest BCUT2D eigenvalue weighted by Gasteiger charge is 2.14. The van der Waals surface area contributed by atoms with Crippen molar-refractivity contribution in [2.24, 2.45) is 0 Å². The van der Waals surface area contributed by atoms with Gasteiger partial charge in [-0.3, -0.25) is 9.69 Å². The lowest BCUT2D eigenvalue weighted by atomic mass is 10.1. The van der Waals surface area contributed by atoms with E-state index in [4.69, 9.17) is 0 Å². The van der Waals surface area contributed by atoms with Gasteiger partial charge in [0.05, 0.1) is 0 Å². The van der Waals surface area contributed by atoms with Gasteiger partial charge in [-0.15, -0.1) is 23.7 Å². The fourth-order valence-electron chi connectivity index (χ4n) is 2.95. The van der Waals surface area contributed by atoms with Crippen molar-refractivity contribution in [3.05, 3.63) is 44.7 Å². The molecular weight excluding hydrogens is 316 g/mol. The topological polar surface area (TPSA) is 36.1 Å². The van der Waals surface area contributed by atoms with E-state index in [1.54, 1.807) is 0 Å². The maximum Gasteiger partial charge on any atom is 0.251 e. The van der Waals surface area contributed by atoms with Gasteiger partial charge in [-0.2, -0.15) is 0 Å². The number of pyridine rings is 1. The van der Waals surface area contributed by atoms with Crippen molar-refractivity contribution in [1.29, 1.82) is 0 Å². The van der Waals surface area contributed by atoms with Gasteiger partial charge in [0.2, 0.25) is 0 Å². The van der Waals surface area contributed by atoms with Gasteiger partial charge in [0.25, 0.3) is 5.56 Å². The Morgan fingerprint density at radius 2 is 2.00 bits per heavy atom. The predicted octanol–water partition coefficient (Wildman–Crippen LogP) is 3.99. The lowest BCUT2D eigenvalue weighted by Gasteiger charge is -2.12. The minimum atomic E-state index is 0. The first-order valence-corrected chi connectivity index (χ1v) is 8.53. The number of thiophene rings is 1. The molecule has 1 aliphatic heterocycles. The molecule has 3 heterocycles. The first-order valence-electron chi connectivity index (χ1n) is 7.71. The van der Waals surface area contributed by atoms with E-state index in [0.29, 0.717) is 0 Å². The van der Waals surface area contributed by atoms with Gasteiger partial charge in [0.1, 0.15) is 0 Å². The Morgan fingerprint density at radius 1 is 1.27 bits per heavy atom. The molecule has 1 fully saturated rings. The smallest absolute Gasteiger partial charge is 0.251 e. The monoisotopic (exact) mass is 338 g/mol. The van der Waals surface area contributed by atoms with Gasteiger partial charge >= 0.3 is 0 Å². The number of halogens is 1. The fourth-order valence-corrected chi connectivity index (χ4v) is 4.08. The number of rotatable bonds is 4. The van der Waals surface area contributed by atoms with E-state index in [9.17, 15) is 4.79 Å². The van der Waals surface area contributed by atoms with Crippen LogP contribution in [0.15, 0.2) is 23.0 Å². The maximum absolute atomic E-state index is 11.8. The van der Waals surface area contributed by atoms with Crippen molar-refractivity contribution >= 4 is 23.7 Å². The van der Waals surface area contributed by atoms with E-state index >= 15 is 0 Å². The Morgan fingerprint density at radius 3 is 2.68 bits per heavy atom. The molecule has 0 radical (unpaired) electrons. The highest BCUT2D eigenvalue weighted by atomic mass is 35.5. The van der Waals surface area contributed by atoms with E-state index in [1.165, 1.54) is 41.2 Å². The zero-order valence-corrected chi connectivity index (χ0v) is 14.8. The highest BCUT2D eigenvalue weighted by Crippen LogP contribution is 2.31. The molecule has 0 aliphatic carbocycles. The zero-order chi connectivity index (χ0) is 14.8. The highest BCUT2D eigenvalue weighted by molar-refractivity contribution is 7.15. The third kappa shape index (κ3) is 3.62. The van der Waals surface area contributed by atoms with Crippen LogP contribution in [0.4, 0.5) is 0 Å². The van der Waals surface area contributed by atoms with Crippen LogP contribution in [0, 0.1) is 6.92 Å². The molecule has 3 nitrogen and oxygen atoms in total. The molecule has 0 saturated carbocycles. The fraction of sp³-hybridized carbons (Fsp3) is 0.471. The molecule has 0 unspecified atom stereocenters. The normalized spacial score (nSPS) is 15.0. The third-order valence-electron chi connectivity index (χ3n) is 4.20. The van der Waals surface area contributed by atoms with Crippen LogP contribution in [0.25, 0.3) is 10.4 Å². The number of aryl methyl sites for hydroxylation is 2. The number of aromatic amines is 1. The van der Waals surface area contributed by atoms with Gasteiger partial charge in [0, 0.05) is 33.1 Å². The van der Waals surface area contributed by atoms with E-state index in [1.807, 2.05) is 25.2 Å². The number of H-pyrrole nitrogens is 1. The molecule has 5 heteroatoms. The minimum Gasteiger partial charge on any atom is -0.326 e. The van der Waals surface area contributed by atoms with Crippen LogP contribution < -0.4 is 5.56 Å². The van der Waals surface area contributed by atoms with E-state index < -0.39 is 0 Å². The van der Waals surface area contributed by atoms with Crippen LogP contribution in [0.3, 0.4) is 0 Å². The summed E-state index contributed by atoms with van der Waals surface area (Å²) in [7, 11) is 0. The van der Waals surface area contributed by atoms with Crippen LogP contribution in [-0.4, -0.2) is 23.0 Å². The zero-order valence-electron chi connectivity index (χ0n) is 13.1. The molecule has 3 rings (SSSR count). The SMILES string of the molecule is CCc1cc(-c2ccc(CN3CCCC3)s2)c(C)[nH]c1=O.Cl. The number of likely N-dealkylation sites (tertiary alicyclic amines) is 1. The molecule has 2 aromatic heterocycles. The molecule has 0 amide bonds. The first kappa shape index (κ1) is 17.3. The van der Waals surface area contributed by atoms with Gasteiger partial charge in [-0.25, -0.2) is 0 Å². The van der Waals surface area contributed by atoms with Crippen molar-refractivity contribution in [3.63, 3.8) is 0 Å². The van der Waals surface area contributed by atoms with Crippen molar-refractivity contribution in [3.8, 4) is 10.4 Å². The summed E-state index contributed by atoms with van der Waals surface area (Å²) < 4.78 is 0. The van der Waals surface area contributed by atoms with Crippen LogP contribution in [-0.2, 0) is 13.0 Å². The quantitative estimate of drug-likeness (QED) is 0.915. The largest absolute Gasteiger partial charge is 0.326 e. The number of nitrogens with one attached hydrogen (secondary N) is 1. The Bertz CT molecular complexity index is 686. The Kier molecular flexibility index (Phi) is 5.84. The summed E-state index contributed by atoms with van der Waals surface area (Å²) in [5.74, 6) is 0. The molecule has 0 aromatic carbocycles. The first-order chi connectivity index (χ1) is 10.2. The summed E-state index contributed by atoms with van der Waals surface area (Å²) in [5, 5.41) is 0. The van der Waals surface area contributed by atoms with Crippen molar-refractivity contribution in [2.75, 3.05) is 13.1 Å². The Hall–Kier alpha value is -1.10. The number of aromatic nitrogens is 1. The second-order valence-corrected chi connectivity index (χ2v) is 6.93. The number of hydrogen-bond donors (Lipinski definition) is 1. The maximum atomic E-state index is 11.8. The van der Waals surface area contributed by atoms with Crippen LogP contribution in [0.2, 0.25) is 0 Å². The average molecular weight is 339 g/mol. The van der Waals surface area contributed by atoms with Crippen molar-refractivity contribution in [1.82, 2.24) is 9.88 Å². The number of hydrogen-bond acceptors (Lipinski definition) is 3. The van der Waals surface area contributed by atoms with Crippen molar-refractivity contribution < 1.29 is 0 Å². The van der Waals surface area contributed by atoms with Gasteiger partial charge in [0.15, 0.2) is 0 Å².